The molecule has 6 nitrogen and oxygen atoms in total. The molecular weight excluding hydrogens is 290 g/mol. The Labute approximate surface area is 128 Å². The number of nitrogens with zero attached hydrogens (tertiary/aromatic N) is 1. The van der Waals surface area contributed by atoms with E-state index in [-0.39, 0.29) is 18.5 Å². The number of amides is 3. The highest BCUT2D eigenvalue weighted by Crippen LogP contribution is 2.15. The van der Waals surface area contributed by atoms with E-state index >= 15 is 0 Å². The Hall–Kier alpha value is -2.04. The molecule has 0 spiro atoms. The normalized spacial score (nSPS) is 9.48. The van der Waals surface area contributed by atoms with Crippen LogP contribution in [0.15, 0.2) is 12.1 Å². The van der Waals surface area contributed by atoms with Gasteiger partial charge in [-0.3, -0.25) is 4.79 Å². The van der Waals surface area contributed by atoms with E-state index in [9.17, 15) is 9.59 Å². The Bertz CT molecular complexity index is 543. The summed E-state index contributed by atoms with van der Waals surface area (Å²) < 4.78 is 0. The van der Waals surface area contributed by atoms with Crippen LogP contribution >= 0.6 is 11.3 Å². The first-order valence-corrected chi connectivity index (χ1v) is 7.29. The van der Waals surface area contributed by atoms with Crippen LogP contribution in [-0.2, 0) is 0 Å². The van der Waals surface area contributed by atoms with Gasteiger partial charge in [-0.15, -0.1) is 11.3 Å². The highest BCUT2D eigenvalue weighted by atomic mass is 32.1. The van der Waals surface area contributed by atoms with Gasteiger partial charge in [0.2, 0.25) is 0 Å². The molecule has 114 valence electrons. The number of carbonyl (C=O) groups excluding carboxylic acids is 2. The van der Waals surface area contributed by atoms with E-state index in [1.165, 1.54) is 16.2 Å². The molecule has 1 aromatic heterocycles. The summed E-state index contributed by atoms with van der Waals surface area (Å²) in [6, 6.07) is 3.29. The van der Waals surface area contributed by atoms with Crippen LogP contribution in [0.25, 0.3) is 0 Å². The Kier molecular flexibility index (Phi) is 7.29. The summed E-state index contributed by atoms with van der Waals surface area (Å²) in [4.78, 5) is 25.9. The van der Waals surface area contributed by atoms with Gasteiger partial charge in [-0.25, -0.2) is 4.79 Å². The lowest BCUT2D eigenvalue weighted by Gasteiger charge is -2.11. The predicted molar refractivity (Wildman–Crippen MR) is 82.3 cm³/mol. The van der Waals surface area contributed by atoms with Crippen LogP contribution in [-0.4, -0.2) is 55.7 Å². The maximum Gasteiger partial charge on any atom is 0.316 e. The fourth-order valence-corrected chi connectivity index (χ4v) is 2.12. The molecule has 3 amide bonds. The molecule has 3 N–H and O–H groups in total. The zero-order valence-corrected chi connectivity index (χ0v) is 12.9. The molecule has 0 unspecified atom stereocenters. The third kappa shape index (κ3) is 6.29. The molecule has 0 aliphatic carbocycles. The molecule has 1 rings (SSSR count). The van der Waals surface area contributed by atoms with Gasteiger partial charge in [0.05, 0.1) is 16.4 Å². The molecule has 0 fully saturated rings. The molecule has 0 bridgehead atoms. The predicted octanol–water partition coefficient (Wildman–Crippen LogP) is 0.483. The molecule has 7 heteroatoms. The lowest BCUT2D eigenvalue weighted by molar-refractivity contribution is 0.0957. The fraction of sp³-hybridized carbons (Fsp3) is 0.429. The second-order valence-electron chi connectivity index (χ2n) is 4.32. The van der Waals surface area contributed by atoms with Crippen molar-refractivity contribution in [1.29, 1.82) is 0 Å². The SMILES string of the molecule is CN(C)C(=O)NCCNC(=O)c1ccc(C#CCCO)s1. The molecular formula is C14H19N3O3S. The first kappa shape index (κ1) is 17.0. The molecule has 0 atom stereocenters. The number of hydrogen-bond acceptors (Lipinski definition) is 4. The molecule has 1 aromatic rings. The van der Waals surface area contributed by atoms with Crippen LogP contribution in [0.3, 0.4) is 0 Å². The first-order chi connectivity index (χ1) is 10.0. The van der Waals surface area contributed by atoms with Gasteiger partial charge >= 0.3 is 6.03 Å². The van der Waals surface area contributed by atoms with Crippen LogP contribution in [0.4, 0.5) is 4.79 Å². The summed E-state index contributed by atoms with van der Waals surface area (Å²) in [5.74, 6) is 5.50. The number of aliphatic hydroxyl groups is 1. The van der Waals surface area contributed by atoms with Crippen molar-refractivity contribution in [3.8, 4) is 11.8 Å². The van der Waals surface area contributed by atoms with Crippen LogP contribution in [0.5, 0.6) is 0 Å². The molecule has 0 aliphatic heterocycles. The smallest absolute Gasteiger partial charge is 0.316 e. The Morgan fingerprint density at radius 2 is 2.00 bits per heavy atom. The van der Waals surface area contributed by atoms with E-state index < -0.39 is 0 Å². The molecule has 1 heterocycles. The van der Waals surface area contributed by atoms with Crippen molar-refractivity contribution in [3.63, 3.8) is 0 Å². The number of rotatable bonds is 5. The van der Waals surface area contributed by atoms with E-state index in [1.807, 2.05) is 0 Å². The van der Waals surface area contributed by atoms with E-state index in [1.54, 1.807) is 26.2 Å². The summed E-state index contributed by atoms with van der Waals surface area (Å²) in [5, 5.41) is 14.0. The average molecular weight is 309 g/mol. The molecule has 0 aliphatic rings. The number of urea groups is 1. The van der Waals surface area contributed by atoms with Crippen molar-refractivity contribution in [2.75, 3.05) is 33.8 Å². The van der Waals surface area contributed by atoms with Crippen molar-refractivity contribution in [2.45, 2.75) is 6.42 Å². The number of aliphatic hydroxyl groups excluding tert-OH is 1. The maximum absolute atomic E-state index is 11.9. The lowest BCUT2D eigenvalue weighted by atomic mass is 10.4. The summed E-state index contributed by atoms with van der Waals surface area (Å²) in [7, 11) is 3.30. The molecule has 0 saturated heterocycles. The third-order valence-electron chi connectivity index (χ3n) is 2.37. The number of thiophene rings is 1. The van der Waals surface area contributed by atoms with E-state index in [4.69, 9.17) is 5.11 Å². The molecule has 0 radical (unpaired) electrons. The average Bonchev–Trinajstić information content (AvgIpc) is 2.92. The second kappa shape index (κ2) is 9.00. The Balaban J connectivity index is 2.36. The maximum atomic E-state index is 11.9. The lowest BCUT2D eigenvalue weighted by Crippen LogP contribution is -2.39. The Morgan fingerprint density at radius 1 is 1.29 bits per heavy atom. The number of nitrogens with one attached hydrogen (secondary N) is 2. The van der Waals surface area contributed by atoms with Crippen LogP contribution in [0.1, 0.15) is 21.0 Å². The van der Waals surface area contributed by atoms with E-state index in [0.29, 0.717) is 24.4 Å². The molecule has 0 aromatic carbocycles. The largest absolute Gasteiger partial charge is 0.395 e. The minimum atomic E-state index is -0.193. The monoisotopic (exact) mass is 309 g/mol. The minimum absolute atomic E-state index is 0.0321. The summed E-state index contributed by atoms with van der Waals surface area (Å²) in [6.45, 7) is 0.767. The van der Waals surface area contributed by atoms with E-state index in [2.05, 4.69) is 22.5 Å². The fourth-order valence-electron chi connectivity index (χ4n) is 1.32. The number of hydrogen-bond donors (Lipinski definition) is 3. The first-order valence-electron chi connectivity index (χ1n) is 6.47. The van der Waals surface area contributed by atoms with Crippen molar-refractivity contribution >= 4 is 23.3 Å². The Morgan fingerprint density at radius 3 is 2.67 bits per heavy atom. The number of carbonyl (C=O) groups is 2. The van der Waals surface area contributed by atoms with Gasteiger partial charge in [0, 0.05) is 33.6 Å². The zero-order chi connectivity index (χ0) is 15.7. The second-order valence-corrected chi connectivity index (χ2v) is 5.41. The van der Waals surface area contributed by atoms with E-state index in [0.717, 1.165) is 4.88 Å². The van der Waals surface area contributed by atoms with Gasteiger partial charge in [-0.2, -0.15) is 0 Å². The summed E-state index contributed by atoms with van der Waals surface area (Å²) in [5.41, 5.74) is 0. The standard InChI is InChI=1S/C14H19N3O3S/c1-17(2)14(20)16-9-8-15-13(19)12-7-6-11(21-12)5-3-4-10-18/h6-7,18H,4,8-10H2,1-2H3,(H,15,19)(H,16,20). The van der Waals surface area contributed by atoms with Gasteiger partial charge in [0.25, 0.3) is 5.91 Å². The topological polar surface area (TPSA) is 81.7 Å². The van der Waals surface area contributed by atoms with Gasteiger partial charge in [0.1, 0.15) is 0 Å². The van der Waals surface area contributed by atoms with Gasteiger partial charge in [-0.05, 0) is 12.1 Å². The van der Waals surface area contributed by atoms with Crippen molar-refractivity contribution in [3.05, 3.63) is 21.9 Å². The molecule has 21 heavy (non-hydrogen) atoms. The highest BCUT2D eigenvalue weighted by molar-refractivity contribution is 7.14. The summed E-state index contributed by atoms with van der Waals surface area (Å²) in [6.07, 6.45) is 0.422. The quantitative estimate of drug-likeness (QED) is 0.547. The third-order valence-corrected chi connectivity index (χ3v) is 3.37. The minimum Gasteiger partial charge on any atom is -0.395 e. The van der Waals surface area contributed by atoms with Gasteiger partial charge in [0.15, 0.2) is 0 Å². The van der Waals surface area contributed by atoms with Crippen molar-refractivity contribution in [1.82, 2.24) is 15.5 Å². The van der Waals surface area contributed by atoms with Crippen molar-refractivity contribution < 1.29 is 14.7 Å². The van der Waals surface area contributed by atoms with Gasteiger partial charge in [-0.1, -0.05) is 11.8 Å². The van der Waals surface area contributed by atoms with Crippen LogP contribution in [0, 0.1) is 11.8 Å². The summed E-state index contributed by atoms with van der Waals surface area (Å²) >= 11 is 1.30. The van der Waals surface area contributed by atoms with Crippen LogP contribution < -0.4 is 10.6 Å². The highest BCUT2D eigenvalue weighted by Gasteiger charge is 2.08. The molecule has 0 saturated carbocycles. The van der Waals surface area contributed by atoms with Crippen molar-refractivity contribution in [2.24, 2.45) is 0 Å². The zero-order valence-electron chi connectivity index (χ0n) is 12.1. The van der Waals surface area contributed by atoms with Gasteiger partial charge < -0.3 is 20.6 Å². The van der Waals surface area contributed by atoms with Crippen LogP contribution in [0.2, 0.25) is 0 Å².